The quantitative estimate of drug-likeness (QED) is 0.436. The zero-order valence-corrected chi connectivity index (χ0v) is 18.6. The number of Topliss-reactive ketones (excluding diaryl/α,β-unsaturated/α-hetero) is 1. The van der Waals surface area contributed by atoms with Gasteiger partial charge in [-0.25, -0.2) is 8.78 Å². The lowest BCUT2D eigenvalue weighted by molar-refractivity contribution is -0.126. The van der Waals surface area contributed by atoms with Gasteiger partial charge in [0.05, 0.1) is 6.10 Å². The summed E-state index contributed by atoms with van der Waals surface area (Å²) in [6.07, 6.45) is 9.80. The average molecular weight is 413 g/mol. The number of ether oxygens (including phenoxy) is 1. The molecule has 4 heteroatoms. The predicted molar refractivity (Wildman–Crippen MR) is 113 cm³/mol. The summed E-state index contributed by atoms with van der Waals surface area (Å²) in [5.41, 5.74) is 0. The van der Waals surface area contributed by atoms with Gasteiger partial charge in [0, 0.05) is 18.9 Å². The highest BCUT2D eigenvalue weighted by Gasteiger charge is 2.44. The van der Waals surface area contributed by atoms with Crippen LogP contribution in [0, 0.1) is 29.6 Å². The summed E-state index contributed by atoms with van der Waals surface area (Å²) < 4.78 is 34.5. The van der Waals surface area contributed by atoms with Crippen molar-refractivity contribution < 1.29 is 18.3 Å². The van der Waals surface area contributed by atoms with E-state index in [4.69, 9.17) is 4.74 Å². The van der Waals surface area contributed by atoms with Gasteiger partial charge in [-0.3, -0.25) is 4.79 Å². The van der Waals surface area contributed by atoms with Gasteiger partial charge in [-0.2, -0.15) is 0 Å². The fourth-order valence-electron chi connectivity index (χ4n) is 6.45. The van der Waals surface area contributed by atoms with Crippen molar-refractivity contribution in [1.82, 2.24) is 0 Å². The van der Waals surface area contributed by atoms with Crippen LogP contribution in [0.1, 0.15) is 97.3 Å². The van der Waals surface area contributed by atoms with Gasteiger partial charge in [-0.05, 0) is 82.0 Å². The third kappa shape index (κ3) is 6.02. The molecule has 0 radical (unpaired) electrons. The van der Waals surface area contributed by atoms with E-state index in [0.29, 0.717) is 24.7 Å². The minimum Gasteiger partial charge on any atom is -0.375 e. The highest BCUT2D eigenvalue weighted by molar-refractivity contribution is 5.81. The Kier molecular flexibility index (Phi) is 8.95. The molecule has 4 atom stereocenters. The third-order valence-electron chi connectivity index (χ3n) is 8.22. The summed E-state index contributed by atoms with van der Waals surface area (Å²) in [7, 11) is 0. The van der Waals surface area contributed by atoms with E-state index in [0.717, 1.165) is 44.4 Å². The van der Waals surface area contributed by atoms with E-state index in [2.05, 4.69) is 6.92 Å². The summed E-state index contributed by atoms with van der Waals surface area (Å²) in [6.45, 7) is 4.53. The van der Waals surface area contributed by atoms with E-state index in [1.807, 2.05) is 6.92 Å². The van der Waals surface area contributed by atoms with Crippen LogP contribution in [0.4, 0.5) is 8.78 Å². The zero-order chi connectivity index (χ0) is 20.8. The molecule has 2 nitrogen and oxygen atoms in total. The first-order valence-corrected chi connectivity index (χ1v) is 12.5. The Morgan fingerprint density at radius 3 is 2.10 bits per heavy atom. The monoisotopic (exact) mass is 412 g/mol. The number of halogens is 2. The highest BCUT2D eigenvalue weighted by atomic mass is 19.2. The van der Waals surface area contributed by atoms with Gasteiger partial charge in [-0.15, -0.1) is 0 Å². The molecule has 3 aliphatic carbocycles. The van der Waals surface area contributed by atoms with Gasteiger partial charge in [0.15, 0.2) is 6.17 Å². The van der Waals surface area contributed by atoms with Crippen LogP contribution >= 0.6 is 0 Å². The van der Waals surface area contributed by atoms with Crippen LogP contribution in [-0.2, 0) is 9.53 Å². The molecule has 3 rings (SSSR count). The molecule has 0 aromatic rings. The maximum atomic E-state index is 14.7. The van der Waals surface area contributed by atoms with E-state index in [1.165, 1.54) is 38.5 Å². The molecule has 0 spiro atoms. The molecule has 3 fully saturated rings. The minimum atomic E-state index is -1.49. The van der Waals surface area contributed by atoms with Crippen molar-refractivity contribution >= 4 is 5.78 Å². The zero-order valence-electron chi connectivity index (χ0n) is 18.6. The lowest BCUT2D eigenvalue weighted by Gasteiger charge is -2.41. The molecule has 0 N–H and O–H groups in total. The van der Waals surface area contributed by atoms with Crippen LogP contribution < -0.4 is 0 Å². The summed E-state index contributed by atoms with van der Waals surface area (Å²) in [5, 5.41) is 0. The molecule has 4 unspecified atom stereocenters. The number of carbonyl (C=O) groups excluding carboxylic acids is 1. The van der Waals surface area contributed by atoms with Gasteiger partial charge in [-0.1, -0.05) is 32.6 Å². The van der Waals surface area contributed by atoms with Crippen LogP contribution in [0.5, 0.6) is 0 Å². The van der Waals surface area contributed by atoms with Crippen LogP contribution in [0.25, 0.3) is 0 Å². The molecule has 0 bridgehead atoms. The minimum absolute atomic E-state index is 0.165. The molecule has 0 heterocycles. The fraction of sp³-hybridized carbons (Fsp3) is 0.960. The molecule has 0 amide bonds. The first-order chi connectivity index (χ1) is 14.0. The SMILES string of the molecule is CCCC1CCC(CC(=O)C2CCC(C3CCC(OCC)C(F)C3F)CC2)CC1. The number of hydrogen-bond acceptors (Lipinski definition) is 2. The second kappa shape index (κ2) is 11.2. The van der Waals surface area contributed by atoms with E-state index < -0.39 is 18.4 Å². The molecular weight excluding hydrogens is 370 g/mol. The second-order valence-corrected chi connectivity index (χ2v) is 10.1. The predicted octanol–water partition coefficient (Wildman–Crippen LogP) is 6.85. The lowest BCUT2D eigenvalue weighted by Crippen LogP contribution is -2.46. The molecule has 3 saturated carbocycles. The van der Waals surface area contributed by atoms with E-state index in [1.54, 1.807) is 0 Å². The Hall–Kier alpha value is -0.510. The van der Waals surface area contributed by atoms with Crippen LogP contribution in [-0.4, -0.2) is 30.8 Å². The summed E-state index contributed by atoms with van der Waals surface area (Å²) >= 11 is 0. The number of rotatable bonds is 8. The number of hydrogen-bond donors (Lipinski definition) is 0. The number of ketones is 1. The van der Waals surface area contributed by atoms with Crippen molar-refractivity contribution in [3.05, 3.63) is 0 Å². The molecule has 0 aromatic heterocycles. The Morgan fingerprint density at radius 2 is 1.48 bits per heavy atom. The third-order valence-corrected chi connectivity index (χ3v) is 8.22. The summed E-state index contributed by atoms with van der Waals surface area (Å²) in [6, 6.07) is 0. The molecule has 3 aliphatic rings. The van der Waals surface area contributed by atoms with Crippen LogP contribution in [0.2, 0.25) is 0 Å². The lowest BCUT2D eigenvalue weighted by atomic mass is 9.68. The standard InChI is InChI=1S/C25H42F2O2/c1-3-5-17-6-8-18(9-7-17)16-22(28)20-12-10-19(11-13-20)21-14-15-23(29-4-2)25(27)24(21)26/h17-21,23-25H,3-16H2,1-2H3. The first-order valence-electron chi connectivity index (χ1n) is 12.5. The number of alkyl halides is 2. The van der Waals surface area contributed by atoms with Gasteiger partial charge >= 0.3 is 0 Å². The smallest absolute Gasteiger partial charge is 0.157 e. The molecule has 29 heavy (non-hydrogen) atoms. The Morgan fingerprint density at radius 1 is 0.828 bits per heavy atom. The largest absolute Gasteiger partial charge is 0.375 e. The van der Waals surface area contributed by atoms with Crippen LogP contribution in [0.3, 0.4) is 0 Å². The van der Waals surface area contributed by atoms with Crippen molar-refractivity contribution in [3.8, 4) is 0 Å². The topological polar surface area (TPSA) is 26.3 Å². The summed E-state index contributed by atoms with van der Waals surface area (Å²) in [4.78, 5) is 12.8. The van der Waals surface area contributed by atoms with Gasteiger partial charge < -0.3 is 4.74 Å². The van der Waals surface area contributed by atoms with Gasteiger partial charge in [0.1, 0.15) is 12.0 Å². The van der Waals surface area contributed by atoms with E-state index in [9.17, 15) is 13.6 Å². The van der Waals surface area contributed by atoms with E-state index in [-0.39, 0.29) is 17.8 Å². The molecule has 0 saturated heterocycles. The fourth-order valence-corrected chi connectivity index (χ4v) is 6.45. The summed E-state index contributed by atoms with van der Waals surface area (Å²) in [5.74, 6) is 2.13. The number of carbonyl (C=O) groups is 1. The maximum Gasteiger partial charge on any atom is 0.157 e. The first kappa shape index (κ1) is 23.2. The Labute approximate surface area is 176 Å². The van der Waals surface area contributed by atoms with Crippen molar-refractivity contribution in [2.75, 3.05) is 6.61 Å². The van der Waals surface area contributed by atoms with Gasteiger partial charge in [0.2, 0.25) is 0 Å². The van der Waals surface area contributed by atoms with Crippen molar-refractivity contribution in [1.29, 1.82) is 0 Å². The van der Waals surface area contributed by atoms with Gasteiger partial charge in [0.25, 0.3) is 0 Å². The molecule has 0 aliphatic heterocycles. The maximum absolute atomic E-state index is 14.7. The molecular formula is C25H42F2O2. The Balaban J connectivity index is 1.40. The van der Waals surface area contributed by atoms with Crippen molar-refractivity contribution in [3.63, 3.8) is 0 Å². The Bertz CT molecular complexity index is 495. The van der Waals surface area contributed by atoms with Crippen molar-refractivity contribution in [2.45, 2.75) is 116 Å². The normalized spacial score (nSPS) is 41.2. The second-order valence-electron chi connectivity index (χ2n) is 10.1. The van der Waals surface area contributed by atoms with E-state index >= 15 is 0 Å². The average Bonchev–Trinajstić information content (AvgIpc) is 2.73. The molecule has 168 valence electrons. The van der Waals surface area contributed by atoms with Crippen LogP contribution in [0.15, 0.2) is 0 Å². The highest BCUT2D eigenvalue weighted by Crippen LogP contribution is 2.43. The molecule has 0 aromatic carbocycles. The van der Waals surface area contributed by atoms with Crippen molar-refractivity contribution in [2.24, 2.45) is 29.6 Å².